The lowest BCUT2D eigenvalue weighted by atomic mass is 9.99. The summed E-state index contributed by atoms with van der Waals surface area (Å²) in [5, 5.41) is 0. The average Bonchev–Trinajstić information content (AvgIpc) is 2.86. The molecule has 0 aliphatic carbocycles. The number of rotatable bonds is 4. The van der Waals surface area contributed by atoms with E-state index in [1.165, 1.54) is 0 Å². The van der Waals surface area contributed by atoms with Crippen molar-refractivity contribution in [3.05, 3.63) is 52.5 Å². The molecule has 1 heterocycles. The number of hydrogen-bond donors (Lipinski definition) is 1. The van der Waals surface area contributed by atoms with E-state index in [4.69, 9.17) is 14.9 Å². The summed E-state index contributed by atoms with van der Waals surface area (Å²) in [6.45, 7) is 6.12. The van der Waals surface area contributed by atoms with Gasteiger partial charge < -0.3 is 14.9 Å². The van der Waals surface area contributed by atoms with Gasteiger partial charge in [0.25, 0.3) is 0 Å². The van der Waals surface area contributed by atoms with Crippen LogP contribution in [-0.4, -0.2) is 7.11 Å². The molecule has 3 heteroatoms. The van der Waals surface area contributed by atoms with Gasteiger partial charge in [-0.15, -0.1) is 0 Å². The molecule has 0 radical (unpaired) electrons. The lowest BCUT2D eigenvalue weighted by molar-refractivity contribution is 0.408. The molecule has 0 fully saturated rings. The van der Waals surface area contributed by atoms with E-state index < -0.39 is 0 Å². The summed E-state index contributed by atoms with van der Waals surface area (Å²) < 4.78 is 11.1. The Morgan fingerprint density at radius 1 is 1.21 bits per heavy atom. The normalized spacial score (nSPS) is 12.5. The monoisotopic (exact) mass is 259 g/mol. The van der Waals surface area contributed by atoms with Crippen molar-refractivity contribution in [2.24, 2.45) is 5.73 Å². The fraction of sp³-hybridized carbons (Fsp3) is 0.375. The molecule has 1 aromatic heterocycles. The molecule has 19 heavy (non-hydrogen) atoms. The van der Waals surface area contributed by atoms with Crippen LogP contribution in [0.3, 0.4) is 0 Å². The van der Waals surface area contributed by atoms with Gasteiger partial charge in [0.05, 0.1) is 13.2 Å². The molecule has 0 aliphatic rings. The number of methoxy groups -OCH3 is 1. The second-order valence-electron chi connectivity index (χ2n) is 4.82. The quantitative estimate of drug-likeness (QED) is 0.914. The zero-order chi connectivity index (χ0) is 14.0. The highest BCUT2D eigenvalue weighted by molar-refractivity contribution is 5.45. The van der Waals surface area contributed by atoms with Crippen molar-refractivity contribution >= 4 is 0 Å². The van der Waals surface area contributed by atoms with Crippen LogP contribution in [0, 0.1) is 13.8 Å². The van der Waals surface area contributed by atoms with Crippen molar-refractivity contribution < 1.29 is 9.15 Å². The van der Waals surface area contributed by atoms with Gasteiger partial charge in [-0.05, 0) is 42.7 Å². The second-order valence-corrected chi connectivity index (χ2v) is 4.82. The Labute approximate surface area is 114 Å². The Balaban J connectivity index is 2.36. The number of nitrogens with two attached hydrogens (primary N) is 1. The van der Waals surface area contributed by atoms with E-state index in [0.29, 0.717) is 0 Å². The molecule has 2 rings (SSSR count). The van der Waals surface area contributed by atoms with Gasteiger partial charge in [0.2, 0.25) is 0 Å². The lowest BCUT2D eigenvalue weighted by Gasteiger charge is -2.15. The maximum atomic E-state index is 6.28. The molecule has 1 aromatic carbocycles. The molecule has 0 spiro atoms. The molecule has 1 unspecified atom stereocenters. The van der Waals surface area contributed by atoms with Crippen molar-refractivity contribution in [3.63, 3.8) is 0 Å². The Morgan fingerprint density at radius 3 is 2.32 bits per heavy atom. The van der Waals surface area contributed by atoms with Crippen molar-refractivity contribution in [2.75, 3.05) is 7.11 Å². The molecule has 2 aromatic rings. The smallest absolute Gasteiger partial charge is 0.125 e. The third-order valence-electron chi connectivity index (χ3n) is 3.38. The summed E-state index contributed by atoms with van der Waals surface area (Å²) >= 11 is 0. The summed E-state index contributed by atoms with van der Waals surface area (Å²) in [4.78, 5) is 0. The van der Waals surface area contributed by atoms with Crippen LogP contribution in [0.5, 0.6) is 5.75 Å². The van der Waals surface area contributed by atoms with Crippen LogP contribution in [0.25, 0.3) is 0 Å². The minimum absolute atomic E-state index is 0.233. The number of ether oxygens (including phenoxy) is 1. The minimum Gasteiger partial charge on any atom is -0.496 e. The van der Waals surface area contributed by atoms with Crippen LogP contribution in [0.4, 0.5) is 0 Å². The van der Waals surface area contributed by atoms with Gasteiger partial charge in [0.1, 0.15) is 17.3 Å². The molecular weight excluding hydrogens is 238 g/mol. The van der Waals surface area contributed by atoms with E-state index in [2.05, 4.69) is 19.1 Å². The summed E-state index contributed by atoms with van der Waals surface area (Å²) in [5.74, 6) is 2.69. The molecule has 0 saturated carbocycles. The molecule has 0 aliphatic heterocycles. The van der Waals surface area contributed by atoms with Gasteiger partial charge in [-0.3, -0.25) is 0 Å². The molecule has 3 nitrogen and oxygen atoms in total. The summed E-state index contributed by atoms with van der Waals surface area (Å²) in [6, 6.07) is 7.83. The van der Waals surface area contributed by atoms with Crippen LogP contribution in [0.15, 0.2) is 28.7 Å². The number of hydrogen-bond acceptors (Lipinski definition) is 3. The Kier molecular flexibility index (Phi) is 3.96. The molecule has 0 bridgehead atoms. The maximum absolute atomic E-state index is 6.28. The molecule has 0 amide bonds. The number of aryl methyl sites for hydroxylation is 3. The molecule has 0 saturated heterocycles. The highest BCUT2D eigenvalue weighted by atomic mass is 16.5. The van der Waals surface area contributed by atoms with Crippen LogP contribution in [0.1, 0.15) is 41.2 Å². The van der Waals surface area contributed by atoms with Gasteiger partial charge in [-0.1, -0.05) is 19.1 Å². The zero-order valence-electron chi connectivity index (χ0n) is 12.0. The molecule has 2 N–H and O–H groups in total. The largest absolute Gasteiger partial charge is 0.496 e. The summed E-state index contributed by atoms with van der Waals surface area (Å²) in [7, 11) is 1.69. The predicted octanol–water partition coefficient (Wildman–Crippen LogP) is 3.52. The van der Waals surface area contributed by atoms with Crippen molar-refractivity contribution in [3.8, 4) is 5.75 Å². The standard InChI is InChI=1S/C16H21NO2/c1-5-13-6-7-14(19-13)15(17)12-8-10(2)16(18-4)11(3)9-12/h6-9,15H,5,17H2,1-4H3. The minimum atomic E-state index is -0.233. The van der Waals surface area contributed by atoms with Gasteiger partial charge >= 0.3 is 0 Å². The summed E-state index contributed by atoms with van der Waals surface area (Å²) in [5.41, 5.74) is 9.51. The third kappa shape index (κ3) is 2.66. The van der Waals surface area contributed by atoms with Crippen LogP contribution in [-0.2, 0) is 6.42 Å². The van der Waals surface area contributed by atoms with Gasteiger partial charge in [0.15, 0.2) is 0 Å². The fourth-order valence-electron chi connectivity index (χ4n) is 2.40. The fourth-order valence-corrected chi connectivity index (χ4v) is 2.40. The Bertz CT molecular complexity index is 549. The topological polar surface area (TPSA) is 48.4 Å². The average molecular weight is 259 g/mol. The highest BCUT2D eigenvalue weighted by Crippen LogP contribution is 2.29. The van der Waals surface area contributed by atoms with Crippen LogP contribution < -0.4 is 10.5 Å². The van der Waals surface area contributed by atoms with Crippen molar-refractivity contribution in [2.45, 2.75) is 33.2 Å². The van der Waals surface area contributed by atoms with E-state index in [-0.39, 0.29) is 6.04 Å². The zero-order valence-corrected chi connectivity index (χ0v) is 12.0. The highest BCUT2D eigenvalue weighted by Gasteiger charge is 2.15. The van der Waals surface area contributed by atoms with Gasteiger partial charge in [-0.25, -0.2) is 0 Å². The first-order chi connectivity index (χ1) is 9.06. The van der Waals surface area contributed by atoms with E-state index in [0.717, 1.165) is 40.4 Å². The van der Waals surface area contributed by atoms with E-state index in [1.807, 2.05) is 26.0 Å². The second kappa shape index (κ2) is 5.49. The maximum Gasteiger partial charge on any atom is 0.125 e. The van der Waals surface area contributed by atoms with Crippen molar-refractivity contribution in [1.82, 2.24) is 0 Å². The first-order valence-electron chi connectivity index (χ1n) is 6.56. The Hall–Kier alpha value is -1.74. The first kappa shape index (κ1) is 13.7. The first-order valence-corrected chi connectivity index (χ1v) is 6.56. The van der Waals surface area contributed by atoms with E-state index >= 15 is 0 Å². The SMILES string of the molecule is CCc1ccc(C(N)c2cc(C)c(OC)c(C)c2)o1. The molecule has 102 valence electrons. The number of furan rings is 1. The summed E-state index contributed by atoms with van der Waals surface area (Å²) in [6.07, 6.45) is 0.882. The number of benzene rings is 1. The Morgan fingerprint density at radius 2 is 1.84 bits per heavy atom. The van der Waals surface area contributed by atoms with Gasteiger partial charge in [0, 0.05) is 6.42 Å². The van der Waals surface area contributed by atoms with E-state index in [9.17, 15) is 0 Å². The van der Waals surface area contributed by atoms with Gasteiger partial charge in [-0.2, -0.15) is 0 Å². The predicted molar refractivity (Wildman–Crippen MR) is 76.6 cm³/mol. The third-order valence-corrected chi connectivity index (χ3v) is 3.38. The van der Waals surface area contributed by atoms with E-state index in [1.54, 1.807) is 7.11 Å². The van der Waals surface area contributed by atoms with Crippen molar-refractivity contribution in [1.29, 1.82) is 0 Å². The van der Waals surface area contributed by atoms with Crippen LogP contribution >= 0.6 is 0 Å². The lowest BCUT2D eigenvalue weighted by Crippen LogP contribution is -2.11. The van der Waals surface area contributed by atoms with Crippen LogP contribution in [0.2, 0.25) is 0 Å². The molecular formula is C16H21NO2. The molecule has 1 atom stereocenters.